The standard InChI is InChI=1S/C16H18N2O5/c1-21-13-5-4-11(6-14(13)22-8-10-2-3-10)15-18-12(9-23-15)7-17-16(19)20/h4-6,9-10,17H,2-3,7-8H2,1H3,(H,19,20). The molecule has 2 aromatic rings. The highest BCUT2D eigenvalue weighted by atomic mass is 16.5. The Balaban J connectivity index is 1.75. The van der Waals surface area contributed by atoms with Crippen LogP contribution in [0, 0.1) is 5.92 Å². The van der Waals surface area contributed by atoms with Gasteiger partial charge in [0.1, 0.15) is 6.26 Å². The molecule has 0 radical (unpaired) electrons. The smallest absolute Gasteiger partial charge is 0.404 e. The second kappa shape index (κ2) is 6.60. The quantitative estimate of drug-likeness (QED) is 0.815. The molecule has 0 bridgehead atoms. The summed E-state index contributed by atoms with van der Waals surface area (Å²) < 4.78 is 16.5. The molecular formula is C16H18N2O5. The maximum Gasteiger partial charge on any atom is 0.404 e. The van der Waals surface area contributed by atoms with E-state index in [1.165, 1.54) is 19.1 Å². The first kappa shape index (κ1) is 15.2. The van der Waals surface area contributed by atoms with Crippen LogP contribution in [-0.2, 0) is 6.54 Å². The average Bonchev–Trinajstić information content (AvgIpc) is 3.26. The average molecular weight is 318 g/mol. The molecule has 1 fully saturated rings. The first-order valence-corrected chi connectivity index (χ1v) is 7.38. The van der Waals surface area contributed by atoms with E-state index in [0.29, 0.717) is 35.6 Å². The van der Waals surface area contributed by atoms with E-state index >= 15 is 0 Å². The van der Waals surface area contributed by atoms with Crippen molar-refractivity contribution in [3.05, 3.63) is 30.2 Å². The highest BCUT2D eigenvalue weighted by Crippen LogP contribution is 2.35. The molecule has 2 N–H and O–H groups in total. The second-order valence-corrected chi connectivity index (χ2v) is 5.42. The van der Waals surface area contributed by atoms with Crippen LogP contribution in [0.25, 0.3) is 11.5 Å². The number of amides is 1. The Hall–Kier alpha value is -2.70. The van der Waals surface area contributed by atoms with Gasteiger partial charge >= 0.3 is 6.09 Å². The third kappa shape index (κ3) is 3.94. The SMILES string of the molecule is COc1ccc(-c2nc(CNC(=O)O)co2)cc1OCC1CC1. The van der Waals surface area contributed by atoms with Gasteiger partial charge < -0.3 is 24.3 Å². The van der Waals surface area contributed by atoms with E-state index in [2.05, 4.69) is 10.3 Å². The maximum absolute atomic E-state index is 10.5. The third-order valence-corrected chi connectivity index (χ3v) is 3.55. The zero-order chi connectivity index (χ0) is 16.2. The molecule has 23 heavy (non-hydrogen) atoms. The van der Waals surface area contributed by atoms with Gasteiger partial charge in [0, 0.05) is 5.56 Å². The van der Waals surface area contributed by atoms with Crippen molar-refractivity contribution in [3.63, 3.8) is 0 Å². The summed E-state index contributed by atoms with van der Waals surface area (Å²) in [5, 5.41) is 10.8. The number of ether oxygens (including phenoxy) is 2. The number of rotatable bonds is 7. The number of oxazole rings is 1. The number of nitrogens with zero attached hydrogens (tertiary/aromatic N) is 1. The van der Waals surface area contributed by atoms with Gasteiger partial charge in [-0.15, -0.1) is 0 Å². The third-order valence-electron chi connectivity index (χ3n) is 3.55. The summed E-state index contributed by atoms with van der Waals surface area (Å²) in [5.41, 5.74) is 1.26. The topological polar surface area (TPSA) is 93.8 Å². The minimum absolute atomic E-state index is 0.0972. The van der Waals surface area contributed by atoms with Gasteiger partial charge in [-0.1, -0.05) is 0 Å². The Morgan fingerprint density at radius 3 is 2.96 bits per heavy atom. The van der Waals surface area contributed by atoms with Crippen molar-refractivity contribution in [1.82, 2.24) is 10.3 Å². The number of carbonyl (C=O) groups is 1. The molecule has 0 unspecified atom stereocenters. The summed E-state index contributed by atoms with van der Waals surface area (Å²) in [4.78, 5) is 14.8. The van der Waals surface area contributed by atoms with E-state index in [4.69, 9.17) is 19.0 Å². The number of carboxylic acid groups (broad SMARTS) is 1. The van der Waals surface area contributed by atoms with Gasteiger partial charge in [-0.25, -0.2) is 9.78 Å². The molecule has 1 aromatic heterocycles. The van der Waals surface area contributed by atoms with Crippen LogP contribution in [0.1, 0.15) is 18.5 Å². The summed E-state index contributed by atoms with van der Waals surface area (Å²) in [6.45, 7) is 0.777. The number of nitrogens with one attached hydrogen (secondary N) is 1. The number of hydrogen-bond acceptors (Lipinski definition) is 5. The normalized spacial score (nSPS) is 13.6. The molecule has 1 aromatic carbocycles. The Kier molecular flexibility index (Phi) is 4.36. The van der Waals surface area contributed by atoms with E-state index in [0.717, 1.165) is 5.56 Å². The van der Waals surface area contributed by atoms with Crippen LogP contribution in [-0.4, -0.2) is 29.9 Å². The molecule has 0 saturated heterocycles. The molecule has 1 heterocycles. The van der Waals surface area contributed by atoms with E-state index in [1.807, 2.05) is 12.1 Å². The van der Waals surface area contributed by atoms with Crippen LogP contribution in [0.4, 0.5) is 4.79 Å². The Bertz CT molecular complexity index is 694. The van der Waals surface area contributed by atoms with Crippen molar-refractivity contribution >= 4 is 6.09 Å². The summed E-state index contributed by atoms with van der Waals surface area (Å²) in [6, 6.07) is 5.45. The molecule has 1 saturated carbocycles. The van der Waals surface area contributed by atoms with Gasteiger partial charge in [0.05, 0.1) is 26.0 Å². The first-order valence-electron chi connectivity index (χ1n) is 7.38. The summed E-state index contributed by atoms with van der Waals surface area (Å²) in [7, 11) is 1.60. The Morgan fingerprint density at radius 1 is 1.43 bits per heavy atom. The van der Waals surface area contributed by atoms with Gasteiger partial charge in [-0.05, 0) is 37.0 Å². The van der Waals surface area contributed by atoms with E-state index in [1.54, 1.807) is 13.2 Å². The first-order chi connectivity index (χ1) is 11.2. The number of hydrogen-bond donors (Lipinski definition) is 2. The molecule has 1 aliphatic carbocycles. The van der Waals surface area contributed by atoms with Gasteiger partial charge in [0.25, 0.3) is 0 Å². The van der Waals surface area contributed by atoms with Gasteiger partial charge in [0.2, 0.25) is 5.89 Å². The lowest BCUT2D eigenvalue weighted by Gasteiger charge is -2.11. The zero-order valence-electron chi connectivity index (χ0n) is 12.7. The summed E-state index contributed by atoms with van der Waals surface area (Å²) in [6.07, 6.45) is 2.75. The van der Waals surface area contributed by atoms with Crippen molar-refractivity contribution < 1.29 is 23.8 Å². The number of aromatic nitrogens is 1. The molecule has 1 amide bonds. The molecule has 1 aliphatic rings. The molecule has 3 rings (SSSR count). The molecule has 0 spiro atoms. The predicted molar refractivity (Wildman–Crippen MR) is 81.6 cm³/mol. The maximum atomic E-state index is 10.5. The fourth-order valence-electron chi connectivity index (χ4n) is 2.10. The van der Waals surface area contributed by atoms with E-state index in [-0.39, 0.29) is 6.54 Å². The van der Waals surface area contributed by atoms with E-state index in [9.17, 15) is 4.79 Å². The zero-order valence-corrected chi connectivity index (χ0v) is 12.7. The van der Waals surface area contributed by atoms with Gasteiger partial charge in [-0.2, -0.15) is 0 Å². The van der Waals surface area contributed by atoms with Crippen molar-refractivity contribution in [1.29, 1.82) is 0 Å². The van der Waals surface area contributed by atoms with Gasteiger partial charge in [0.15, 0.2) is 11.5 Å². The van der Waals surface area contributed by atoms with E-state index < -0.39 is 6.09 Å². The van der Waals surface area contributed by atoms with Gasteiger partial charge in [-0.3, -0.25) is 0 Å². The highest BCUT2D eigenvalue weighted by molar-refractivity contribution is 5.64. The molecule has 7 nitrogen and oxygen atoms in total. The van der Waals surface area contributed by atoms with Crippen LogP contribution in [0.3, 0.4) is 0 Å². The minimum Gasteiger partial charge on any atom is -0.493 e. The fraction of sp³-hybridized carbons (Fsp3) is 0.375. The highest BCUT2D eigenvalue weighted by Gasteiger charge is 2.23. The number of methoxy groups -OCH3 is 1. The van der Waals surface area contributed by atoms with Crippen molar-refractivity contribution in [2.24, 2.45) is 5.92 Å². The molecule has 7 heteroatoms. The second-order valence-electron chi connectivity index (χ2n) is 5.42. The Labute approximate surface area is 133 Å². The predicted octanol–water partition coefficient (Wildman–Crippen LogP) is 2.91. The lowest BCUT2D eigenvalue weighted by molar-refractivity contribution is 0.194. The lowest BCUT2D eigenvalue weighted by atomic mass is 10.2. The Morgan fingerprint density at radius 2 is 2.26 bits per heavy atom. The molecule has 122 valence electrons. The van der Waals surface area contributed by atoms with Crippen LogP contribution >= 0.6 is 0 Å². The molecular weight excluding hydrogens is 300 g/mol. The monoisotopic (exact) mass is 318 g/mol. The summed E-state index contributed by atoms with van der Waals surface area (Å²) >= 11 is 0. The largest absolute Gasteiger partial charge is 0.493 e. The fourth-order valence-corrected chi connectivity index (χ4v) is 2.10. The lowest BCUT2D eigenvalue weighted by Crippen LogP contribution is -2.19. The number of benzene rings is 1. The van der Waals surface area contributed by atoms with Crippen molar-refractivity contribution in [2.45, 2.75) is 19.4 Å². The summed E-state index contributed by atoms with van der Waals surface area (Å²) in [5.74, 6) is 2.36. The van der Waals surface area contributed by atoms with Crippen molar-refractivity contribution in [2.75, 3.05) is 13.7 Å². The van der Waals surface area contributed by atoms with Crippen LogP contribution < -0.4 is 14.8 Å². The van der Waals surface area contributed by atoms with Crippen molar-refractivity contribution in [3.8, 4) is 23.0 Å². The molecule has 0 atom stereocenters. The van der Waals surface area contributed by atoms with Crippen LogP contribution in [0.5, 0.6) is 11.5 Å². The minimum atomic E-state index is -1.10. The molecule has 0 aliphatic heterocycles. The van der Waals surface area contributed by atoms with Crippen LogP contribution in [0.15, 0.2) is 28.9 Å². The van der Waals surface area contributed by atoms with Crippen LogP contribution in [0.2, 0.25) is 0 Å².